The summed E-state index contributed by atoms with van der Waals surface area (Å²) in [5.74, 6) is -2.81. The Hall–Kier alpha value is -3.67. The van der Waals surface area contributed by atoms with E-state index in [2.05, 4.69) is 21.3 Å². The molecule has 358 valence electrons. The van der Waals surface area contributed by atoms with Crippen molar-refractivity contribution in [1.29, 1.82) is 0 Å². The van der Waals surface area contributed by atoms with E-state index in [1.807, 2.05) is 0 Å². The first kappa shape index (κ1) is 56.3. The Labute approximate surface area is 369 Å². The molecule has 1 aliphatic carbocycles. The van der Waals surface area contributed by atoms with Crippen LogP contribution in [-0.2, 0) is 52.5 Å². The lowest BCUT2D eigenvalue weighted by molar-refractivity contribution is -0.143. The second kappa shape index (κ2) is 40.1. The summed E-state index contributed by atoms with van der Waals surface area (Å²) < 4.78 is 20.8. The summed E-state index contributed by atoms with van der Waals surface area (Å²) in [5, 5.41) is 29.3. The molecule has 4 amide bonds. The number of carboxylic acids is 2. The van der Waals surface area contributed by atoms with Gasteiger partial charge in [0.2, 0.25) is 23.6 Å². The number of nitrogens with one attached hydrogen (secondary N) is 4. The minimum atomic E-state index is -1.19. The Kier molecular flexibility index (Phi) is 36.5. The van der Waals surface area contributed by atoms with Crippen molar-refractivity contribution < 1.29 is 62.7 Å². The van der Waals surface area contributed by atoms with Crippen LogP contribution in [0.2, 0.25) is 0 Å². The number of aliphatic carboxylic acids is 2. The summed E-state index contributed by atoms with van der Waals surface area (Å²) in [6.45, 7) is 2.50. The molecule has 62 heavy (non-hydrogen) atoms. The van der Waals surface area contributed by atoms with Crippen LogP contribution in [0.1, 0.15) is 154 Å². The summed E-state index contributed by atoms with van der Waals surface area (Å²) in [6.07, 6.45) is 22.9. The fraction of sp³-hybridized carbons (Fsp3) is 0.844. The van der Waals surface area contributed by atoms with Gasteiger partial charge in [-0.2, -0.15) is 0 Å². The van der Waals surface area contributed by atoms with Crippen molar-refractivity contribution in [2.75, 3.05) is 72.5 Å². The van der Waals surface area contributed by atoms with Crippen LogP contribution in [0.25, 0.3) is 0 Å². The minimum absolute atomic E-state index is 0.0238. The van der Waals surface area contributed by atoms with Gasteiger partial charge in [0, 0.05) is 44.8 Å². The second-order valence-electron chi connectivity index (χ2n) is 16.2. The molecule has 6 N–H and O–H groups in total. The van der Waals surface area contributed by atoms with Gasteiger partial charge in [0.15, 0.2) is 0 Å². The van der Waals surface area contributed by atoms with Crippen molar-refractivity contribution in [3.05, 3.63) is 0 Å². The fourth-order valence-electron chi connectivity index (χ4n) is 7.24. The van der Waals surface area contributed by atoms with E-state index in [0.717, 1.165) is 51.4 Å². The number of hydrogen-bond donors (Lipinski definition) is 6. The number of unbranched alkanes of at least 4 members (excludes halogenated alkanes) is 15. The Morgan fingerprint density at radius 3 is 1.52 bits per heavy atom. The van der Waals surface area contributed by atoms with E-state index in [4.69, 9.17) is 24.1 Å². The standard InChI is InChI=1S/C45H80N4O13/c50-27-30-61-32-31-59-29-26-47-42(53)36-62-34-33-60-28-25-46-41(52)24-23-39(45(57)58)49-44(56)38-21-19-37(20-22-38)35-48-40(51)17-15-13-11-9-7-5-3-1-2-4-6-8-10-12-14-16-18-43(54)55/h27,37-39H,1-26,28-36H2,(H,46,52)(H,47,53)(H,48,51)(H,49,56)(H,54,55)(H,57,58)/t37?,38?,39-/m0/s1. The summed E-state index contributed by atoms with van der Waals surface area (Å²) in [5.41, 5.74) is 0. The number of rotatable bonds is 43. The van der Waals surface area contributed by atoms with Crippen LogP contribution in [0, 0.1) is 11.8 Å². The van der Waals surface area contributed by atoms with Crippen LogP contribution in [0.15, 0.2) is 0 Å². The van der Waals surface area contributed by atoms with Gasteiger partial charge in [-0.15, -0.1) is 0 Å². The Morgan fingerprint density at radius 2 is 1.00 bits per heavy atom. The molecule has 0 saturated heterocycles. The van der Waals surface area contributed by atoms with Crippen LogP contribution in [0.5, 0.6) is 0 Å². The summed E-state index contributed by atoms with van der Waals surface area (Å²) in [7, 11) is 0. The largest absolute Gasteiger partial charge is 0.481 e. The number of amides is 4. The number of aldehydes is 1. The highest BCUT2D eigenvalue weighted by Gasteiger charge is 2.29. The maximum atomic E-state index is 12.9. The first-order chi connectivity index (χ1) is 30.1. The molecule has 17 heteroatoms. The molecule has 0 aromatic carbocycles. The molecule has 0 bridgehead atoms. The van der Waals surface area contributed by atoms with Gasteiger partial charge in [0.05, 0.1) is 39.6 Å². The third kappa shape index (κ3) is 34.9. The zero-order valence-corrected chi connectivity index (χ0v) is 37.4. The predicted octanol–water partition coefficient (Wildman–Crippen LogP) is 4.86. The molecule has 0 aromatic heterocycles. The normalized spacial score (nSPS) is 15.4. The zero-order valence-electron chi connectivity index (χ0n) is 37.4. The van der Waals surface area contributed by atoms with Crippen molar-refractivity contribution in [2.24, 2.45) is 11.8 Å². The van der Waals surface area contributed by atoms with E-state index >= 15 is 0 Å². The molecule has 0 aliphatic heterocycles. The van der Waals surface area contributed by atoms with Crippen molar-refractivity contribution in [1.82, 2.24) is 21.3 Å². The quantitative estimate of drug-likeness (QED) is 0.0354. The highest BCUT2D eigenvalue weighted by Crippen LogP contribution is 2.29. The SMILES string of the molecule is O=CCOCCOCCNC(=O)COCCOCCNC(=O)CC[C@H](NC(=O)C1CCC(CNC(=O)CCCCCCCCCCCCCCCCCCC(=O)O)CC1)C(=O)O. The minimum Gasteiger partial charge on any atom is -0.481 e. The second-order valence-corrected chi connectivity index (χ2v) is 16.2. The molecule has 0 aromatic rings. The van der Waals surface area contributed by atoms with Crippen LogP contribution >= 0.6 is 0 Å². The van der Waals surface area contributed by atoms with Crippen LogP contribution in [0.3, 0.4) is 0 Å². The summed E-state index contributed by atoms with van der Waals surface area (Å²) in [4.78, 5) is 81.9. The molecule has 1 fully saturated rings. The smallest absolute Gasteiger partial charge is 0.326 e. The van der Waals surface area contributed by atoms with Crippen LogP contribution in [-0.4, -0.2) is 131 Å². The average Bonchev–Trinajstić information content (AvgIpc) is 3.25. The molecular formula is C45H80N4O13. The van der Waals surface area contributed by atoms with Gasteiger partial charge in [0.25, 0.3) is 0 Å². The van der Waals surface area contributed by atoms with Gasteiger partial charge >= 0.3 is 11.9 Å². The summed E-state index contributed by atoms with van der Waals surface area (Å²) >= 11 is 0. The average molecular weight is 885 g/mol. The highest BCUT2D eigenvalue weighted by molar-refractivity contribution is 5.85. The maximum Gasteiger partial charge on any atom is 0.326 e. The molecule has 0 unspecified atom stereocenters. The van der Waals surface area contributed by atoms with E-state index in [9.17, 15) is 38.7 Å². The molecule has 1 atom stereocenters. The summed E-state index contributed by atoms with van der Waals surface area (Å²) in [6, 6.07) is -1.18. The van der Waals surface area contributed by atoms with Gasteiger partial charge < -0.3 is 55.2 Å². The third-order valence-corrected chi connectivity index (χ3v) is 10.9. The molecule has 1 rings (SSSR count). The molecular weight excluding hydrogens is 805 g/mol. The number of carbonyl (C=O) groups excluding carboxylic acids is 5. The van der Waals surface area contributed by atoms with E-state index < -0.39 is 18.0 Å². The lowest BCUT2D eigenvalue weighted by Gasteiger charge is -2.28. The van der Waals surface area contributed by atoms with Crippen molar-refractivity contribution in [3.8, 4) is 0 Å². The number of carboxylic acid groups (broad SMARTS) is 2. The monoisotopic (exact) mass is 885 g/mol. The third-order valence-electron chi connectivity index (χ3n) is 10.9. The Morgan fingerprint density at radius 1 is 0.532 bits per heavy atom. The Balaban J connectivity index is 2.00. The van der Waals surface area contributed by atoms with Crippen LogP contribution < -0.4 is 21.3 Å². The molecule has 1 saturated carbocycles. The van der Waals surface area contributed by atoms with Gasteiger partial charge in [-0.1, -0.05) is 89.9 Å². The zero-order chi connectivity index (χ0) is 45.3. The topological polar surface area (TPSA) is 245 Å². The van der Waals surface area contributed by atoms with Gasteiger partial charge in [0.1, 0.15) is 25.5 Å². The van der Waals surface area contributed by atoms with E-state index in [1.54, 1.807) is 0 Å². The van der Waals surface area contributed by atoms with Crippen LogP contribution in [0.4, 0.5) is 0 Å². The van der Waals surface area contributed by atoms with E-state index in [-0.39, 0.29) is 87.9 Å². The first-order valence-corrected chi connectivity index (χ1v) is 23.4. The number of hydrogen-bond acceptors (Lipinski definition) is 11. The molecule has 0 heterocycles. The van der Waals surface area contributed by atoms with Gasteiger partial charge in [-0.05, 0) is 50.9 Å². The first-order valence-electron chi connectivity index (χ1n) is 23.4. The molecule has 0 radical (unpaired) electrons. The highest BCUT2D eigenvalue weighted by atomic mass is 16.5. The van der Waals surface area contributed by atoms with Crippen molar-refractivity contribution in [2.45, 2.75) is 160 Å². The van der Waals surface area contributed by atoms with E-state index in [1.165, 1.54) is 64.2 Å². The number of carbonyl (C=O) groups is 7. The molecule has 0 spiro atoms. The number of ether oxygens (including phenoxy) is 4. The predicted molar refractivity (Wildman–Crippen MR) is 233 cm³/mol. The Bertz CT molecular complexity index is 1220. The van der Waals surface area contributed by atoms with E-state index in [0.29, 0.717) is 64.9 Å². The van der Waals surface area contributed by atoms with Crippen molar-refractivity contribution in [3.63, 3.8) is 0 Å². The molecule has 1 aliphatic rings. The lowest BCUT2D eigenvalue weighted by Crippen LogP contribution is -2.45. The fourth-order valence-corrected chi connectivity index (χ4v) is 7.24. The van der Waals surface area contributed by atoms with Gasteiger partial charge in [-0.3, -0.25) is 24.0 Å². The molecule has 17 nitrogen and oxygen atoms in total. The maximum absolute atomic E-state index is 12.9. The lowest BCUT2D eigenvalue weighted by atomic mass is 9.81. The van der Waals surface area contributed by atoms with Gasteiger partial charge in [-0.25, -0.2) is 4.79 Å². The van der Waals surface area contributed by atoms with Crippen molar-refractivity contribution >= 4 is 41.9 Å².